The maximum absolute atomic E-state index is 2.68. The molecule has 10 aromatic rings. The molecule has 3 aliphatic rings. The van der Waals surface area contributed by atoms with Crippen LogP contribution < -0.4 is 26.2 Å². The van der Waals surface area contributed by atoms with E-state index in [4.69, 9.17) is 0 Å². The Balaban J connectivity index is 1.19. The van der Waals surface area contributed by atoms with Crippen LogP contribution in [0, 0.1) is 0 Å². The van der Waals surface area contributed by atoms with Crippen LogP contribution in [0.15, 0.2) is 170 Å². The largest absolute Gasteiger partial charge is 0.311 e. The molecule has 3 nitrogen and oxygen atoms in total. The molecule has 1 aromatic heterocycles. The molecule has 3 heterocycles. The van der Waals surface area contributed by atoms with Crippen molar-refractivity contribution in [1.82, 2.24) is 4.57 Å². The van der Waals surface area contributed by atoms with Gasteiger partial charge in [-0.2, -0.15) is 0 Å². The molecule has 13 rings (SSSR count). The van der Waals surface area contributed by atoms with Gasteiger partial charge in [-0.25, -0.2) is 0 Å². The van der Waals surface area contributed by atoms with Gasteiger partial charge in [-0.05, 0) is 154 Å². The van der Waals surface area contributed by atoms with Crippen LogP contribution >= 0.6 is 0 Å². The van der Waals surface area contributed by atoms with Crippen LogP contribution in [0.2, 0.25) is 0 Å². The average Bonchev–Trinajstić information content (AvgIpc) is 3.64. The molecule has 72 heavy (non-hydrogen) atoms. The molecule has 0 N–H and O–H groups in total. The number of rotatable bonds is 4. The molecule has 1 aliphatic carbocycles. The van der Waals surface area contributed by atoms with Crippen molar-refractivity contribution in [2.75, 3.05) is 9.80 Å². The molecular formula is C68H64BN3. The Labute approximate surface area is 426 Å². The smallest absolute Gasteiger partial charge is 0.252 e. The average molecular weight is 934 g/mol. The van der Waals surface area contributed by atoms with Gasteiger partial charge >= 0.3 is 0 Å². The third-order valence-corrected chi connectivity index (χ3v) is 16.3. The zero-order valence-electron chi connectivity index (χ0n) is 44.1. The number of nitrogens with zero attached hydrogens (tertiary/aromatic N) is 3. The topological polar surface area (TPSA) is 11.4 Å². The third-order valence-electron chi connectivity index (χ3n) is 16.3. The van der Waals surface area contributed by atoms with Gasteiger partial charge in [-0.15, -0.1) is 0 Å². The lowest BCUT2D eigenvalue weighted by atomic mass is 9.33. The Hall–Kier alpha value is -7.30. The number of fused-ring (bicyclic) bond motifs is 8. The zero-order valence-corrected chi connectivity index (χ0v) is 44.1. The number of aromatic nitrogens is 1. The first kappa shape index (κ1) is 44.6. The van der Waals surface area contributed by atoms with Gasteiger partial charge in [-0.1, -0.05) is 192 Å². The van der Waals surface area contributed by atoms with E-state index in [1.165, 1.54) is 111 Å². The van der Waals surface area contributed by atoms with E-state index < -0.39 is 0 Å². The molecule has 0 fully saturated rings. The van der Waals surface area contributed by atoms with Crippen molar-refractivity contribution in [2.24, 2.45) is 0 Å². The Morgan fingerprint density at radius 1 is 0.375 bits per heavy atom. The maximum Gasteiger partial charge on any atom is 0.252 e. The summed E-state index contributed by atoms with van der Waals surface area (Å²) in [6, 6.07) is 66.2. The molecular weight excluding hydrogens is 870 g/mol. The van der Waals surface area contributed by atoms with Gasteiger partial charge in [-0.3, -0.25) is 0 Å². The van der Waals surface area contributed by atoms with Crippen molar-refractivity contribution >= 4 is 89.8 Å². The van der Waals surface area contributed by atoms with Crippen molar-refractivity contribution < 1.29 is 0 Å². The second kappa shape index (κ2) is 15.1. The molecule has 2 aliphatic heterocycles. The minimum absolute atomic E-state index is 0.0201. The normalized spacial score (nSPS) is 13.8. The SMILES string of the molecule is CC(C)(C)c1ccc(N(c2ccc(C(C)(C)C)cc2)c2cc3c4c(c2)-n2c5ccc6cccc7c6c5c5c(ccc(c52)B4c2cc(C(C)(C)C)ccc2N3c2ccc(C(C)(C)C)cc2)-c2ccccc2-7)cc1. The Bertz CT molecular complexity index is 3820. The van der Waals surface area contributed by atoms with E-state index in [2.05, 4.69) is 267 Å². The van der Waals surface area contributed by atoms with Crippen LogP contribution in [0.25, 0.3) is 60.5 Å². The summed E-state index contributed by atoms with van der Waals surface area (Å²) in [6.45, 7) is 27.8. The summed E-state index contributed by atoms with van der Waals surface area (Å²) in [6.07, 6.45) is 0. The van der Waals surface area contributed by atoms with Gasteiger partial charge in [0, 0.05) is 44.9 Å². The van der Waals surface area contributed by atoms with Crippen LogP contribution in [0.4, 0.5) is 34.1 Å². The zero-order chi connectivity index (χ0) is 50.0. The Morgan fingerprint density at radius 2 is 0.903 bits per heavy atom. The first-order valence-electron chi connectivity index (χ1n) is 26.1. The molecule has 0 atom stereocenters. The van der Waals surface area contributed by atoms with Gasteiger partial charge in [0.2, 0.25) is 0 Å². The quantitative estimate of drug-likeness (QED) is 0.163. The van der Waals surface area contributed by atoms with Crippen molar-refractivity contribution in [3.63, 3.8) is 0 Å². The van der Waals surface area contributed by atoms with Gasteiger partial charge < -0.3 is 14.4 Å². The summed E-state index contributed by atoms with van der Waals surface area (Å²) in [7, 11) is 0. The summed E-state index contributed by atoms with van der Waals surface area (Å²) in [5.74, 6) is 0. The Kier molecular flexibility index (Phi) is 9.37. The van der Waals surface area contributed by atoms with Gasteiger partial charge in [0.15, 0.2) is 0 Å². The molecule has 0 saturated carbocycles. The van der Waals surface area contributed by atoms with E-state index in [1.807, 2.05) is 0 Å². The van der Waals surface area contributed by atoms with E-state index in [0.29, 0.717) is 0 Å². The van der Waals surface area contributed by atoms with Crippen molar-refractivity contribution in [3.05, 3.63) is 192 Å². The van der Waals surface area contributed by atoms with Gasteiger partial charge in [0.25, 0.3) is 6.71 Å². The van der Waals surface area contributed by atoms with Crippen LogP contribution in [-0.4, -0.2) is 11.3 Å². The monoisotopic (exact) mass is 934 g/mol. The molecule has 0 unspecified atom stereocenters. The lowest BCUT2D eigenvalue weighted by molar-refractivity contribution is 0.590. The Morgan fingerprint density at radius 3 is 1.49 bits per heavy atom. The lowest BCUT2D eigenvalue weighted by Crippen LogP contribution is -2.60. The van der Waals surface area contributed by atoms with Crippen molar-refractivity contribution in [2.45, 2.75) is 105 Å². The predicted octanol–water partition coefficient (Wildman–Crippen LogP) is 16.9. The second-order valence-electron chi connectivity index (χ2n) is 25.1. The predicted molar refractivity (Wildman–Crippen MR) is 312 cm³/mol. The second-order valence-corrected chi connectivity index (χ2v) is 25.1. The van der Waals surface area contributed by atoms with Crippen molar-refractivity contribution in [3.8, 4) is 27.9 Å². The molecule has 0 radical (unpaired) electrons. The summed E-state index contributed by atoms with van der Waals surface area (Å²) in [4.78, 5) is 5.09. The highest BCUT2D eigenvalue weighted by atomic mass is 15.2. The number of anilines is 6. The molecule has 354 valence electrons. The van der Waals surface area contributed by atoms with Gasteiger partial charge in [0.1, 0.15) is 0 Å². The first-order chi connectivity index (χ1) is 34.3. The summed E-state index contributed by atoms with van der Waals surface area (Å²) >= 11 is 0. The fourth-order valence-electron chi connectivity index (χ4n) is 12.4. The molecule has 0 spiro atoms. The molecule has 0 saturated heterocycles. The molecule has 0 amide bonds. The highest BCUT2D eigenvalue weighted by molar-refractivity contribution is 7.00. The number of hydrogen-bond acceptors (Lipinski definition) is 2. The van der Waals surface area contributed by atoms with Crippen LogP contribution in [0.5, 0.6) is 0 Å². The maximum atomic E-state index is 2.68. The number of hydrogen-bond donors (Lipinski definition) is 0. The fraction of sp³-hybridized carbons (Fsp3) is 0.235. The van der Waals surface area contributed by atoms with E-state index in [1.54, 1.807) is 0 Å². The van der Waals surface area contributed by atoms with E-state index >= 15 is 0 Å². The highest BCUT2D eigenvalue weighted by Crippen LogP contribution is 2.52. The van der Waals surface area contributed by atoms with Crippen LogP contribution in [0.1, 0.15) is 105 Å². The minimum atomic E-state index is -0.0483. The summed E-state index contributed by atoms with van der Waals surface area (Å²) in [5, 5.41) is 5.30. The highest BCUT2D eigenvalue weighted by Gasteiger charge is 2.44. The summed E-state index contributed by atoms with van der Waals surface area (Å²) < 4.78 is 2.68. The van der Waals surface area contributed by atoms with Crippen molar-refractivity contribution in [1.29, 1.82) is 0 Å². The molecule has 4 heteroatoms. The lowest BCUT2D eigenvalue weighted by Gasteiger charge is -2.42. The van der Waals surface area contributed by atoms with E-state index in [9.17, 15) is 0 Å². The first-order valence-corrected chi connectivity index (χ1v) is 26.1. The number of benzene rings is 9. The molecule has 0 bridgehead atoms. The van der Waals surface area contributed by atoms with Crippen LogP contribution in [-0.2, 0) is 21.7 Å². The van der Waals surface area contributed by atoms with E-state index in [-0.39, 0.29) is 28.4 Å². The third kappa shape index (κ3) is 6.56. The van der Waals surface area contributed by atoms with Crippen LogP contribution in [0.3, 0.4) is 0 Å². The fourth-order valence-corrected chi connectivity index (χ4v) is 12.4. The molecule has 9 aromatic carbocycles. The minimum Gasteiger partial charge on any atom is -0.311 e. The van der Waals surface area contributed by atoms with Gasteiger partial charge in [0.05, 0.1) is 16.7 Å². The van der Waals surface area contributed by atoms with E-state index in [0.717, 1.165) is 22.7 Å². The standard InChI is InChI=1S/C68H64BN3/c1-65(2,3)42-21-28-46(29-22-42)70(47-30-23-43(24-31-47)66(4,5)6)49-39-58-63-59(40-49)72-57-36-20-41-16-15-19-52-50-17-13-14-18-51(50)53-34-35-54(64(72)61(53)62(57)60(41)52)69(63)55-38-45(68(10,11)12)27-37-56(55)71(58)48-32-25-44(26-33-48)67(7,8)9/h13-40H,1-12H3. The summed E-state index contributed by atoms with van der Waals surface area (Å²) in [5.41, 5.74) is 25.3.